The second-order valence-corrected chi connectivity index (χ2v) is 5.16. The number of nitrogens with zero attached hydrogens (tertiary/aromatic N) is 3. The third-order valence-electron chi connectivity index (χ3n) is 3.26. The molecule has 0 radical (unpaired) electrons. The van der Waals surface area contributed by atoms with E-state index in [9.17, 15) is 0 Å². The van der Waals surface area contributed by atoms with Gasteiger partial charge in [-0.05, 0) is 26.2 Å². The average molecular weight is 314 g/mol. The highest BCUT2D eigenvalue weighted by molar-refractivity contribution is 6.30. The Balaban J connectivity index is 0.000000677. The van der Waals surface area contributed by atoms with E-state index in [0.717, 1.165) is 35.6 Å². The standard InChI is InChI=1S/C13H19ClN4.CH5NO/c1-5-8(3)10-11(14)17-12-9(4)7-16-18(12)13(10)15-6-2;1-3-2/h7-8,15H,5-6H2,1-4H3;2H2,1H3. The summed E-state index contributed by atoms with van der Waals surface area (Å²) in [6, 6.07) is 0. The predicted molar refractivity (Wildman–Crippen MR) is 86.8 cm³/mol. The molecule has 0 amide bonds. The summed E-state index contributed by atoms with van der Waals surface area (Å²) >= 11 is 6.35. The summed E-state index contributed by atoms with van der Waals surface area (Å²) in [4.78, 5) is 8.22. The van der Waals surface area contributed by atoms with Crippen molar-refractivity contribution in [3.63, 3.8) is 0 Å². The van der Waals surface area contributed by atoms with Gasteiger partial charge in [0.1, 0.15) is 11.0 Å². The summed E-state index contributed by atoms with van der Waals surface area (Å²) in [6.45, 7) is 9.19. The molecule has 6 nitrogen and oxygen atoms in total. The number of fused-ring (bicyclic) bond motifs is 1. The number of hydrogen-bond donors (Lipinski definition) is 2. The van der Waals surface area contributed by atoms with Gasteiger partial charge < -0.3 is 10.2 Å². The van der Waals surface area contributed by atoms with Crippen LogP contribution in [0.15, 0.2) is 6.20 Å². The van der Waals surface area contributed by atoms with Gasteiger partial charge in [-0.15, -0.1) is 0 Å². The van der Waals surface area contributed by atoms with E-state index in [1.54, 1.807) is 0 Å². The van der Waals surface area contributed by atoms with Crippen molar-refractivity contribution < 1.29 is 4.84 Å². The van der Waals surface area contributed by atoms with E-state index in [1.807, 2.05) is 17.6 Å². The molecule has 7 heteroatoms. The first kappa shape index (κ1) is 17.7. The van der Waals surface area contributed by atoms with Crippen LogP contribution in [0, 0.1) is 6.92 Å². The number of nitrogens with two attached hydrogens (primary N) is 1. The fourth-order valence-corrected chi connectivity index (χ4v) is 2.42. The zero-order valence-corrected chi connectivity index (χ0v) is 14.0. The Morgan fingerprint density at radius 2 is 2.10 bits per heavy atom. The first-order chi connectivity index (χ1) is 10.0. The molecule has 0 saturated carbocycles. The Hall–Kier alpha value is -1.37. The zero-order chi connectivity index (χ0) is 16.0. The molecule has 0 saturated heterocycles. The molecular formula is C14H24ClN5O. The van der Waals surface area contributed by atoms with Crippen molar-refractivity contribution in [1.82, 2.24) is 14.6 Å². The van der Waals surface area contributed by atoms with Gasteiger partial charge in [0.2, 0.25) is 0 Å². The summed E-state index contributed by atoms with van der Waals surface area (Å²) in [7, 11) is 1.40. The average Bonchev–Trinajstić information content (AvgIpc) is 2.81. The summed E-state index contributed by atoms with van der Waals surface area (Å²) in [5, 5.41) is 8.33. The van der Waals surface area contributed by atoms with Gasteiger partial charge in [-0.25, -0.2) is 10.9 Å². The molecule has 0 aromatic carbocycles. The molecule has 2 heterocycles. The van der Waals surface area contributed by atoms with Crippen molar-refractivity contribution in [2.24, 2.45) is 5.90 Å². The quantitative estimate of drug-likeness (QED) is 0.669. The van der Waals surface area contributed by atoms with Crippen LogP contribution in [0.4, 0.5) is 5.82 Å². The Morgan fingerprint density at radius 1 is 1.48 bits per heavy atom. The van der Waals surface area contributed by atoms with Crippen LogP contribution in [0.1, 0.15) is 44.2 Å². The number of anilines is 1. The molecule has 21 heavy (non-hydrogen) atoms. The number of rotatable bonds is 4. The third-order valence-corrected chi connectivity index (χ3v) is 3.55. The Morgan fingerprint density at radius 3 is 2.62 bits per heavy atom. The highest BCUT2D eigenvalue weighted by Crippen LogP contribution is 2.33. The highest BCUT2D eigenvalue weighted by Gasteiger charge is 2.19. The largest absolute Gasteiger partial charge is 0.370 e. The molecule has 1 atom stereocenters. The van der Waals surface area contributed by atoms with Gasteiger partial charge in [0.05, 0.1) is 13.3 Å². The third kappa shape index (κ3) is 3.84. The number of hydrogen-bond acceptors (Lipinski definition) is 5. The van der Waals surface area contributed by atoms with Gasteiger partial charge in [0.25, 0.3) is 0 Å². The smallest absolute Gasteiger partial charge is 0.161 e. The van der Waals surface area contributed by atoms with Crippen LogP contribution in [0.25, 0.3) is 5.65 Å². The maximum Gasteiger partial charge on any atom is 0.161 e. The Bertz CT molecular complexity index is 584. The van der Waals surface area contributed by atoms with E-state index < -0.39 is 0 Å². The van der Waals surface area contributed by atoms with E-state index in [4.69, 9.17) is 11.6 Å². The number of aromatic nitrogens is 3. The van der Waals surface area contributed by atoms with Crippen molar-refractivity contribution in [3.8, 4) is 0 Å². The second-order valence-electron chi connectivity index (χ2n) is 4.80. The lowest BCUT2D eigenvalue weighted by Crippen LogP contribution is -2.11. The van der Waals surface area contributed by atoms with Gasteiger partial charge in [-0.2, -0.15) is 9.61 Å². The molecule has 0 aliphatic heterocycles. The maximum atomic E-state index is 6.35. The summed E-state index contributed by atoms with van der Waals surface area (Å²) < 4.78 is 1.85. The van der Waals surface area contributed by atoms with Crippen LogP contribution in [-0.2, 0) is 4.84 Å². The predicted octanol–water partition coefficient (Wildman–Crippen LogP) is 3.14. The first-order valence-electron chi connectivity index (χ1n) is 7.02. The molecule has 2 rings (SSSR count). The van der Waals surface area contributed by atoms with Crippen LogP contribution in [0.3, 0.4) is 0 Å². The van der Waals surface area contributed by atoms with Crippen molar-refractivity contribution in [3.05, 3.63) is 22.5 Å². The molecule has 0 bridgehead atoms. The van der Waals surface area contributed by atoms with Gasteiger partial charge in [-0.3, -0.25) is 0 Å². The van der Waals surface area contributed by atoms with Crippen LogP contribution < -0.4 is 11.2 Å². The summed E-state index contributed by atoms with van der Waals surface area (Å²) in [5.74, 6) is 5.67. The summed E-state index contributed by atoms with van der Waals surface area (Å²) in [5.41, 5.74) is 2.91. The fraction of sp³-hybridized carbons (Fsp3) is 0.571. The second kappa shape index (κ2) is 8.17. The van der Waals surface area contributed by atoms with Crippen LogP contribution in [-0.4, -0.2) is 28.3 Å². The van der Waals surface area contributed by atoms with Gasteiger partial charge in [0, 0.05) is 17.7 Å². The van der Waals surface area contributed by atoms with Crippen molar-refractivity contribution >= 4 is 23.1 Å². The molecule has 3 N–H and O–H groups in total. The van der Waals surface area contributed by atoms with E-state index in [1.165, 1.54) is 7.11 Å². The molecule has 2 aromatic heterocycles. The monoisotopic (exact) mass is 313 g/mol. The lowest BCUT2D eigenvalue weighted by molar-refractivity contribution is 0.206. The number of aryl methyl sites for hydroxylation is 1. The minimum atomic E-state index is 0.355. The molecule has 0 aliphatic rings. The van der Waals surface area contributed by atoms with Crippen LogP contribution >= 0.6 is 11.6 Å². The molecule has 0 spiro atoms. The minimum Gasteiger partial charge on any atom is -0.370 e. The zero-order valence-electron chi connectivity index (χ0n) is 13.3. The molecule has 0 fully saturated rings. The van der Waals surface area contributed by atoms with E-state index in [-0.39, 0.29) is 0 Å². The molecule has 118 valence electrons. The Labute approximate surface area is 130 Å². The van der Waals surface area contributed by atoms with E-state index >= 15 is 0 Å². The van der Waals surface area contributed by atoms with Crippen molar-refractivity contribution in [1.29, 1.82) is 0 Å². The van der Waals surface area contributed by atoms with Gasteiger partial charge in [0.15, 0.2) is 5.65 Å². The Kier molecular flexibility index (Phi) is 6.87. The molecular weight excluding hydrogens is 290 g/mol. The van der Waals surface area contributed by atoms with Crippen molar-refractivity contribution in [2.75, 3.05) is 19.0 Å². The topological polar surface area (TPSA) is 77.5 Å². The highest BCUT2D eigenvalue weighted by atomic mass is 35.5. The molecule has 2 aromatic rings. The van der Waals surface area contributed by atoms with Crippen LogP contribution in [0.5, 0.6) is 0 Å². The van der Waals surface area contributed by atoms with Gasteiger partial charge >= 0.3 is 0 Å². The SMILES string of the molecule is CCNc1c(C(C)CC)c(Cl)nc2c(C)cnn12.CON. The maximum absolute atomic E-state index is 6.35. The molecule has 0 aliphatic carbocycles. The van der Waals surface area contributed by atoms with E-state index in [0.29, 0.717) is 11.1 Å². The first-order valence-corrected chi connectivity index (χ1v) is 7.39. The minimum absolute atomic E-state index is 0.355. The van der Waals surface area contributed by atoms with E-state index in [2.05, 4.69) is 46.9 Å². The van der Waals surface area contributed by atoms with Crippen molar-refractivity contribution in [2.45, 2.75) is 40.0 Å². The van der Waals surface area contributed by atoms with Crippen LogP contribution in [0.2, 0.25) is 5.15 Å². The van der Waals surface area contributed by atoms with Gasteiger partial charge in [-0.1, -0.05) is 25.4 Å². The number of nitrogens with one attached hydrogen (secondary N) is 1. The summed E-state index contributed by atoms with van der Waals surface area (Å²) in [6.07, 6.45) is 2.84. The molecule has 1 unspecified atom stereocenters. The lowest BCUT2D eigenvalue weighted by Gasteiger charge is -2.18. The lowest BCUT2D eigenvalue weighted by atomic mass is 10.0. The normalized spacial score (nSPS) is 12.0. The number of halogens is 1. The fourth-order valence-electron chi connectivity index (χ4n) is 2.07.